The third-order valence-electron chi connectivity index (χ3n) is 1.93. The van der Waals surface area contributed by atoms with Crippen LogP contribution in [-0.4, -0.2) is 16.0 Å². The van der Waals surface area contributed by atoms with Crippen LogP contribution in [0.25, 0.3) is 0 Å². The number of H-pyrrole nitrogens is 1. The molecule has 2 rings (SSSR count). The molecule has 1 atom stereocenters. The number of rotatable bonds is 0. The molecule has 0 fully saturated rings. The van der Waals surface area contributed by atoms with E-state index in [1.54, 1.807) is 6.33 Å². The summed E-state index contributed by atoms with van der Waals surface area (Å²) in [4.78, 5) is 7.32. The maximum atomic E-state index is 4.21. The van der Waals surface area contributed by atoms with Crippen molar-refractivity contribution in [1.82, 2.24) is 15.3 Å². The van der Waals surface area contributed by atoms with Gasteiger partial charge in [0.05, 0.1) is 17.7 Å². The van der Waals surface area contributed by atoms with Crippen LogP contribution >= 0.6 is 24.8 Å². The molecule has 0 saturated heterocycles. The SMILES string of the molecule is CC1Cc2nc[nH]c2CN1.Cl.Cl. The molecule has 1 aromatic heterocycles. The first-order valence-corrected chi connectivity index (χ1v) is 3.61. The van der Waals surface area contributed by atoms with E-state index in [4.69, 9.17) is 0 Å². The summed E-state index contributed by atoms with van der Waals surface area (Å²) < 4.78 is 0. The first-order valence-electron chi connectivity index (χ1n) is 3.61. The fourth-order valence-electron chi connectivity index (χ4n) is 1.32. The summed E-state index contributed by atoms with van der Waals surface area (Å²) in [5, 5.41) is 3.35. The lowest BCUT2D eigenvalue weighted by Gasteiger charge is -2.18. The standard InChI is InChI=1S/C7H11N3.2ClH/c1-5-2-6-7(3-8-5)10-4-9-6;;/h4-5,8H,2-3H2,1H3,(H,9,10);2*1H. The summed E-state index contributed by atoms with van der Waals surface area (Å²) in [7, 11) is 0. The van der Waals surface area contributed by atoms with E-state index in [9.17, 15) is 0 Å². The minimum Gasteiger partial charge on any atom is -0.347 e. The molecule has 0 saturated carbocycles. The van der Waals surface area contributed by atoms with Gasteiger partial charge >= 0.3 is 0 Å². The number of nitrogens with zero attached hydrogens (tertiary/aromatic N) is 1. The largest absolute Gasteiger partial charge is 0.347 e. The zero-order valence-corrected chi connectivity index (χ0v) is 8.47. The Morgan fingerprint density at radius 3 is 3.00 bits per heavy atom. The summed E-state index contributed by atoms with van der Waals surface area (Å²) in [5.41, 5.74) is 2.48. The zero-order valence-electron chi connectivity index (χ0n) is 6.83. The number of fused-ring (bicyclic) bond motifs is 1. The summed E-state index contributed by atoms with van der Waals surface area (Å²) >= 11 is 0. The number of imidazole rings is 1. The first kappa shape index (κ1) is 11.8. The maximum absolute atomic E-state index is 4.21. The Morgan fingerprint density at radius 1 is 1.50 bits per heavy atom. The topological polar surface area (TPSA) is 40.7 Å². The van der Waals surface area contributed by atoms with Crippen molar-refractivity contribution in [3.05, 3.63) is 17.7 Å². The molecule has 5 heteroatoms. The van der Waals surface area contributed by atoms with E-state index in [2.05, 4.69) is 22.2 Å². The van der Waals surface area contributed by atoms with E-state index in [1.165, 1.54) is 11.4 Å². The monoisotopic (exact) mass is 209 g/mol. The van der Waals surface area contributed by atoms with Crippen LogP contribution in [0.4, 0.5) is 0 Å². The maximum Gasteiger partial charge on any atom is 0.0925 e. The van der Waals surface area contributed by atoms with Crippen molar-refractivity contribution in [1.29, 1.82) is 0 Å². The van der Waals surface area contributed by atoms with Crippen molar-refractivity contribution < 1.29 is 0 Å². The van der Waals surface area contributed by atoms with Crippen molar-refractivity contribution in [2.24, 2.45) is 0 Å². The second-order valence-corrected chi connectivity index (χ2v) is 2.81. The molecule has 2 N–H and O–H groups in total. The third kappa shape index (κ3) is 2.12. The Kier molecular flexibility index (Phi) is 4.60. The number of hydrogen-bond acceptors (Lipinski definition) is 2. The van der Waals surface area contributed by atoms with Crippen molar-refractivity contribution in [3.8, 4) is 0 Å². The molecule has 0 radical (unpaired) electrons. The highest BCUT2D eigenvalue weighted by atomic mass is 35.5. The molecule has 1 unspecified atom stereocenters. The number of aromatic amines is 1. The quantitative estimate of drug-likeness (QED) is 0.677. The smallest absolute Gasteiger partial charge is 0.0925 e. The second kappa shape index (κ2) is 4.70. The van der Waals surface area contributed by atoms with E-state index in [1.807, 2.05) is 0 Å². The number of hydrogen-bond donors (Lipinski definition) is 2. The summed E-state index contributed by atoms with van der Waals surface area (Å²) in [6.07, 6.45) is 2.82. The summed E-state index contributed by atoms with van der Waals surface area (Å²) in [5.74, 6) is 0. The van der Waals surface area contributed by atoms with Crippen molar-refractivity contribution >= 4 is 24.8 Å². The molecule has 12 heavy (non-hydrogen) atoms. The van der Waals surface area contributed by atoms with E-state index in [0.29, 0.717) is 6.04 Å². The Labute approximate surface area is 84.2 Å². The highest BCUT2D eigenvalue weighted by Crippen LogP contribution is 2.10. The number of nitrogens with one attached hydrogen (secondary N) is 2. The predicted octanol–water partition coefficient (Wildman–Crippen LogP) is 1.29. The van der Waals surface area contributed by atoms with Crippen LogP contribution in [0.15, 0.2) is 6.33 Å². The Bertz CT molecular complexity index is 236. The fourth-order valence-corrected chi connectivity index (χ4v) is 1.32. The van der Waals surface area contributed by atoms with Crippen LogP contribution in [-0.2, 0) is 13.0 Å². The predicted molar refractivity (Wildman–Crippen MR) is 53.1 cm³/mol. The van der Waals surface area contributed by atoms with Crippen LogP contribution in [0, 0.1) is 0 Å². The number of aromatic nitrogens is 2. The van der Waals surface area contributed by atoms with Crippen LogP contribution in [0.3, 0.4) is 0 Å². The second-order valence-electron chi connectivity index (χ2n) is 2.81. The van der Waals surface area contributed by atoms with E-state index < -0.39 is 0 Å². The minimum absolute atomic E-state index is 0. The van der Waals surface area contributed by atoms with Gasteiger partial charge in [0.2, 0.25) is 0 Å². The van der Waals surface area contributed by atoms with E-state index in [-0.39, 0.29) is 24.8 Å². The van der Waals surface area contributed by atoms with Gasteiger partial charge in [0.15, 0.2) is 0 Å². The molecular weight excluding hydrogens is 197 g/mol. The molecule has 0 spiro atoms. The molecule has 3 nitrogen and oxygen atoms in total. The van der Waals surface area contributed by atoms with Crippen molar-refractivity contribution in [3.63, 3.8) is 0 Å². The lowest BCUT2D eigenvalue weighted by atomic mass is 10.1. The molecule has 2 heterocycles. The van der Waals surface area contributed by atoms with Gasteiger partial charge in [-0.25, -0.2) is 4.98 Å². The Hall–Kier alpha value is -0.250. The Morgan fingerprint density at radius 2 is 2.25 bits per heavy atom. The van der Waals surface area contributed by atoms with Crippen molar-refractivity contribution in [2.45, 2.75) is 25.9 Å². The normalized spacial score (nSPS) is 20.2. The third-order valence-corrected chi connectivity index (χ3v) is 1.93. The molecule has 1 aliphatic heterocycles. The van der Waals surface area contributed by atoms with Gasteiger partial charge in [0.25, 0.3) is 0 Å². The average Bonchev–Trinajstić information content (AvgIpc) is 2.33. The Balaban J connectivity index is 0.000000605. The van der Waals surface area contributed by atoms with Gasteiger partial charge in [0, 0.05) is 19.0 Å². The van der Waals surface area contributed by atoms with Gasteiger partial charge in [-0.2, -0.15) is 0 Å². The van der Waals surface area contributed by atoms with Gasteiger partial charge in [0.1, 0.15) is 0 Å². The van der Waals surface area contributed by atoms with Crippen molar-refractivity contribution in [2.75, 3.05) is 0 Å². The molecule has 1 aromatic rings. The van der Waals surface area contributed by atoms with Gasteiger partial charge < -0.3 is 10.3 Å². The fraction of sp³-hybridized carbons (Fsp3) is 0.571. The lowest BCUT2D eigenvalue weighted by Crippen LogP contribution is -2.32. The molecule has 1 aliphatic rings. The highest BCUT2D eigenvalue weighted by molar-refractivity contribution is 5.85. The highest BCUT2D eigenvalue weighted by Gasteiger charge is 2.15. The van der Waals surface area contributed by atoms with Gasteiger partial charge in [-0.05, 0) is 6.92 Å². The van der Waals surface area contributed by atoms with Crippen LogP contribution in [0.1, 0.15) is 18.3 Å². The van der Waals surface area contributed by atoms with E-state index in [0.717, 1.165) is 13.0 Å². The molecule has 0 aromatic carbocycles. The molecule has 0 bridgehead atoms. The molecular formula is C7H13Cl2N3. The summed E-state index contributed by atoms with van der Waals surface area (Å²) in [6.45, 7) is 3.12. The molecule has 0 amide bonds. The molecule has 70 valence electrons. The zero-order chi connectivity index (χ0) is 6.97. The number of halogens is 2. The van der Waals surface area contributed by atoms with Crippen LogP contribution in [0.5, 0.6) is 0 Å². The van der Waals surface area contributed by atoms with Crippen LogP contribution < -0.4 is 5.32 Å². The van der Waals surface area contributed by atoms with Gasteiger partial charge in [-0.1, -0.05) is 0 Å². The summed E-state index contributed by atoms with van der Waals surface area (Å²) in [6, 6.07) is 0.579. The van der Waals surface area contributed by atoms with Crippen LogP contribution in [0.2, 0.25) is 0 Å². The first-order chi connectivity index (χ1) is 4.86. The molecule has 0 aliphatic carbocycles. The van der Waals surface area contributed by atoms with E-state index >= 15 is 0 Å². The minimum atomic E-state index is 0. The lowest BCUT2D eigenvalue weighted by molar-refractivity contribution is 0.503. The van der Waals surface area contributed by atoms with Gasteiger partial charge in [-0.15, -0.1) is 24.8 Å². The average molecular weight is 210 g/mol. The van der Waals surface area contributed by atoms with Gasteiger partial charge in [-0.3, -0.25) is 0 Å².